The van der Waals surface area contributed by atoms with Gasteiger partial charge in [0.05, 0.1) is 15.9 Å². The lowest BCUT2D eigenvalue weighted by molar-refractivity contribution is 0.661. The van der Waals surface area contributed by atoms with Crippen LogP contribution in [0.2, 0.25) is 0 Å². The van der Waals surface area contributed by atoms with Gasteiger partial charge in [0.25, 0.3) is 0 Å². The average Bonchev–Trinajstić information content (AvgIpc) is 3.79. The fourth-order valence-electron chi connectivity index (χ4n) is 8.26. The zero-order valence-electron chi connectivity index (χ0n) is 28.4. The molecule has 0 saturated heterocycles. The third-order valence-electron chi connectivity index (χ3n) is 10.9. The summed E-state index contributed by atoms with van der Waals surface area (Å²) in [7, 11) is 0. The maximum absolute atomic E-state index is 6.80. The fourth-order valence-corrected chi connectivity index (χ4v) is 9.42. The van der Waals surface area contributed by atoms with E-state index in [-0.39, 0.29) is 0 Å². The van der Waals surface area contributed by atoms with Crippen LogP contribution in [0.5, 0.6) is 0 Å². The number of hydrogen-bond donors (Lipinski definition) is 0. The van der Waals surface area contributed by atoms with E-state index in [4.69, 9.17) is 14.4 Å². The number of benzene rings is 6. The molecule has 3 aromatic heterocycles. The van der Waals surface area contributed by atoms with E-state index in [0.29, 0.717) is 0 Å². The van der Waals surface area contributed by atoms with E-state index in [2.05, 4.69) is 146 Å². The molecule has 3 nitrogen and oxygen atoms in total. The highest BCUT2D eigenvalue weighted by atomic mass is 32.1. The SMILES string of the molecule is C1=Cc2cc(C3=CC=C(c4ccc5ccccc5c4)CC3)c3c(oc4ccc(-c5nc(-c6ccccc6)c6sc7ccccc7c6n5)cc43)c2CC1. The molecular formula is C48H32N2OS. The molecule has 0 aliphatic heterocycles. The first-order valence-corrected chi connectivity index (χ1v) is 18.9. The average molecular weight is 685 g/mol. The molecule has 0 bridgehead atoms. The van der Waals surface area contributed by atoms with Crippen molar-refractivity contribution in [3.05, 3.63) is 162 Å². The van der Waals surface area contributed by atoms with Crippen molar-refractivity contribution < 1.29 is 4.42 Å². The lowest BCUT2D eigenvalue weighted by Crippen LogP contribution is -2.00. The summed E-state index contributed by atoms with van der Waals surface area (Å²) in [6, 6.07) is 43.4. The van der Waals surface area contributed by atoms with E-state index >= 15 is 0 Å². The van der Waals surface area contributed by atoms with Crippen molar-refractivity contribution in [3.8, 4) is 22.6 Å². The van der Waals surface area contributed by atoms with E-state index in [1.807, 2.05) is 0 Å². The molecular weight excluding hydrogens is 653 g/mol. The minimum atomic E-state index is 0.730. The Bertz CT molecular complexity index is 3010. The predicted octanol–water partition coefficient (Wildman–Crippen LogP) is 13.5. The summed E-state index contributed by atoms with van der Waals surface area (Å²) in [5.41, 5.74) is 13.8. The number of furan rings is 1. The number of aromatic nitrogens is 2. The molecule has 246 valence electrons. The maximum atomic E-state index is 6.80. The third-order valence-corrected chi connectivity index (χ3v) is 12.0. The Morgan fingerprint density at radius 2 is 1.42 bits per heavy atom. The van der Waals surface area contributed by atoms with E-state index < -0.39 is 0 Å². The van der Waals surface area contributed by atoms with E-state index in [0.717, 1.165) is 75.1 Å². The van der Waals surface area contributed by atoms with Crippen molar-refractivity contribution in [2.75, 3.05) is 0 Å². The predicted molar refractivity (Wildman–Crippen MR) is 220 cm³/mol. The standard InChI is InChI=1S/C48H32N2OS/c1-2-11-32(12-3-1)44-47-45(38-16-8-9-17-42(38)52-47)50-48(49-44)36-24-25-41-40(28-36)43-39(27-35-14-6-7-15-37(35)46(43)51-41)31-21-18-30(19-22-31)34-23-20-29-10-4-5-13-33(29)26-34/h1-6,8-14,16-18,20-21,23-28H,7,15,19,22H2. The van der Waals surface area contributed by atoms with Crippen LogP contribution >= 0.6 is 11.3 Å². The normalized spacial score (nSPS) is 14.4. The smallest absolute Gasteiger partial charge is 0.160 e. The summed E-state index contributed by atoms with van der Waals surface area (Å²) < 4.78 is 9.14. The molecule has 11 rings (SSSR count). The Balaban J connectivity index is 1.10. The summed E-state index contributed by atoms with van der Waals surface area (Å²) in [5, 5.41) is 6.04. The monoisotopic (exact) mass is 684 g/mol. The first-order chi connectivity index (χ1) is 25.7. The second-order valence-corrected chi connectivity index (χ2v) is 15.0. The zero-order valence-corrected chi connectivity index (χ0v) is 29.2. The maximum Gasteiger partial charge on any atom is 0.160 e. The number of allylic oxidation sites excluding steroid dienone is 5. The van der Waals surface area contributed by atoms with Gasteiger partial charge in [0.2, 0.25) is 0 Å². The summed E-state index contributed by atoms with van der Waals surface area (Å²) in [6.07, 6.45) is 13.2. The summed E-state index contributed by atoms with van der Waals surface area (Å²) in [4.78, 5) is 10.6. The van der Waals surface area contributed by atoms with Crippen molar-refractivity contribution in [1.29, 1.82) is 0 Å². The van der Waals surface area contributed by atoms with E-state index in [1.165, 1.54) is 59.6 Å². The van der Waals surface area contributed by atoms with Crippen LogP contribution in [0.25, 0.3) is 92.9 Å². The van der Waals surface area contributed by atoms with Gasteiger partial charge < -0.3 is 4.42 Å². The van der Waals surface area contributed by atoms with Crippen LogP contribution in [0, 0.1) is 0 Å². The Kier molecular flexibility index (Phi) is 6.68. The van der Waals surface area contributed by atoms with Gasteiger partial charge >= 0.3 is 0 Å². The molecule has 0 saturated carbocycles. The summed E-state index contributed by atoms with van der Waals surface area (Å²) in [5.74, 6) is 0.730. The molecule has 0 spiro atoms. The molecule has 2 aliphatic carbocycles. The topological polar surface area (TPSA) is 38.9 Å². The molecule has 0 radical (unpaired) electrons. The van der Waals surface area contributed by atoms with Crippen LogP contribution in [0.15, 0.2) is 144 Å². The molecule has 0 unspecified atom stereocenters. The number of nitrogens with zero attached hydrogens (tertiary/aromatic N) is 2. The highest BCUT2D eigenvalue weighted by molar-refractivity contribution is 7.26. The van der Waals surface area contributed by atoms with Crippen LogP contribution in [0.4, 0.5) is 0 Å². The lowest BCUT2D eigenvalue weighted by atomic mass is 9.84. The minimum absolute atomic E-state index is 0.730. The quantitative estimate of drug-likeness (QED) is 0.185. The Labute approximate surface area is 304 Å². The first-order valence-electron chi connectivity index (χ1n) is 18.1. The van der Waals surface area contributed by atoms with Gasteiger partial charge in [-0.1, -0.05) is 109 Å². The van der Waals surface area contributed by atoms with Gasteiger partial charge in [-0.2, -0.15) is 0 Å². The summed E-state index contributed by atoms with van der Waals surface area (Å²) >= 11 is 1.77. The highest BCUT2D eigenvalue weighted by Crippen LogP contribution is 2.45. The molecule has 0 N–H and O–H groups in total. The van der Waals surface area contributed by atoms with Gasteiger partial charge in [-0.05, 0) is 101 Å². The zero-order chi connectivity index (χ0) is 34.2. The third kappa shape index (κ3) is 4.72. The number of aryl methyl sites for hydroxylation is 1. The molecule has 52 heavy (non-hydrogen) atoms. The van der Waals surface area contributed by atoms with Gasteiger partial charge in [0.1, 0.15) is 11.2 Å². The second-order valence-electron chi connectivity index (χ2n) is 13.9. The molecule has 0 amide bonds. The van der Waals surface area contributed by atoms with Crippen LogP contribution in [0.1, 0.15) is 41.5 Å². The van der Waals surface area contributed by atoms with Crippen molar-refractivity contribution in [3.63, 3.8) is 0 Å². The highest BCUT2D eigenvalue weighted by Gasteiger charge is 2.23. The van der Waals surface area contributed by atoms with E-state index in [9.17, 15) is 0 Å². The van der Waals surface area contributed by atoms with Gasteiger partial charge in [0.15, 0.2) is 5.82 Å². The van der Waals surface area contributed by atoms with Crippen LogP contribution in [-0.4, -0.2) is 9.97 Å². The summed E-state index contributed by atoms with van der Waals surface area (Å²) in [6.45, 7) is 0. The van der Waals surface area contributed by atoms with Crippen molar-refractivity contribution >= 4 is 81.6 Å². The van der Waals surface area contributed by atoms with Gasteiger partial charge in [-0.15, -0.1) is 11.3 Å². The van der Waals surface area contributed by atoms with E-state index in [1.54, 1.807) is 11.3 Å². The number of rotatable bonds is 4. The Hall–Kier alpha value is -6.10. The Morgan fingerprint density at radius 3 is 2.33 bits per heavy atom. The van der Waals surface area contributed by atoms with Crippen LogP contribution in [0.3, 0.4) is 0 Å². The Morgan fingerprint density at radius 1 is 0.615 bits per heavy atom. The number of fused-ring (bicyclic) bond motifs is 9. The first kappa shape index (κ1) is 29.6. The van der Waals surface area contributed by atoms with Crippen LogP contribution < -0.4 is 0 Å². The second kappa shape index (κ2) is 11.7. The van der Waals surface area contributed by atoms with Gasteiger partial charge in [0, 0.05) is 37.5 Å². The molecule has 2 aliphatic rings. The number of thiophene rings is 1. The fraction of sp³-hybridized carbons (Fsp3) is 0.0833. The number of hydrogen-bond acceptors (Lipinski definition) is 4. The largest absolute Gasteiger partial charge is 0.456 e. The molecule has 3 heterocycles. The molecule has 6 aromatic carbocycles. The molecule has 0 atom stereocenters. The van der Waals surface area contributed by atoms with Crippen molar-refractivity contribution in [1.82, 2.24) is 9.97 Å². The van der Waals surface area contributed by atoms with Gasteiger partial charge in [-0.25, -0.2) is 9.97 Å². The van der Waals surface area contributed by atoms with Crippen LogP contribution in [-0.2, 0) is 6.42 Å². The van der Waals surface area contributed by atoms with Gasteiger partial charge in [-0.3, -0.25) is 0 Å². The van der Waals surface area contributed by atoms with Crippen molar-refractivity contribution in [2.45, 2.75) is 25.7 Å². The lowest BCUT2D eigenvalue weighted by Gasteiger charge is -2.19. The molecule has 4 heteroatoms. The molecule has 0 fully saturated rings. The molecule has 9 aromatic rings. The minimum Gasteiger partial charge on any atom is -0.456 e. The van der Waals surface area contributed by atoms with Crippen molar-refractivity contribution in [2.24, 2.45) is 0 Å².